The summed E-state index contributed by atoms with van der Waals surface area (Å²) >= 11 is 0. The zero-order valence-electron chi connectivity index (χ0n) is 10.9. The highest BCUT2D eigenvalue weighted by Gasteiger charge is 2.11. The van der Waals surface area contributed by atoms with Gasteiger partial charge in [0.25, 0.3) is 0 Å². The Morgan fingerprint density at radius 1 is 1.37 bits per heavy atom. The van der Waals surface area contributed by atoms with Gasteiger partial charge in [0.05, 0.1) is 12.3 Å². The van der Waals surface area contributed by atoms with E-state index in [4.69, 9.17) is 10.2 Å². The number of benzene rings is 1. The summed E-state index contributed by atoms with van der Waals surface area (Å²) in [6.45, 7) is 1.90. The summed E-state index contributed by atoms with van der Waals surface area (Å²) in [5, 5.41) is 2.90. The first-order valence-electron chi connectivity index (χ1n) is 6.32. The number of anilines is 1. The Kier molecular flexibility index (Phi) is 4.23. The van der Waals surface area contributed by atoms with E-state index >= 15 is 0 Å². The van der Waals surface area contributed by atoms with Crippen molar-refractivity contribution in [2.75, 3.05) is 5.73 Å². The number of carbonyl (C=O) groups excluding carboxylic acids is 1. The Bertz CT molecular complexity index is 535. The van der Waals surface area contributed by atoms with Crippen LogP contribution in [-0.2, 0) is 11.2 Å². The van der Waals surface area contributed by atoms with Crippen LogP contribution in [0.2, 0.25) is 0 Å². The molecule has 1 aromatic heterocycles. The molecule has 0 radical (unpaired) electrons. The summed E-state index contributed by atoms with van der Waals surface area (Å²) in [6.07, 6.45) is 2.72. The Balaban J connectivity index is 1.82. The van der Waals surface area contributed by atoms with E-state index in [2.05, 4.69) is 5.32 Å². The Labute approximate surface area is 112 Å². The lowest BCUT2D eigenvalue weighted by molar-refractivity contribution is -0.121. The van der Waals surface area contributed by atoms with Crippen molar-refractivity contribution in [3.05, 3.63) is 54.0 Å². The van der Waals surface area contributed by atoms with Crippen molar-refractivity contribution >= 4 is 11.6 Å². The molecule has 19 heavy (non-hydrogen) atoms. The fourth-order valence-electron chi connectivity index (χ4n) is 1.93. The van der Waals surface area contributed by atoms with E-state index in [1.165, 1.54) is 0 Å². The predicted octanol–water partition coefficient (Wildman–Crippen LogP) is 2.67. The molecule has 1 amide bonds. The van der Waals surface area contributed by atoms with Crippen molar-refractivity contribution < 1.29 is 9.21 Å². The van der Waals surface area contributed by atoms with E-state index in [0.29, 0.717) is 12.8 Å². The van der Waals surface area contributed by atoms with Gasteiger partial charge in [0, 0.05) is 12.1 Å². The van der Waals surface area contributed by atoms with E-state index in [-0.39, 0.29) is 11.9 Å². The topological polar surface area (TPSA) is 68.3 Å². The van der Waals surface area contributed by atoms with Gasteiger partial charge in [-0.15, -0.1) is 0 Å². The summed E-state index contributed by atoms with van der Waals surface area (Å²) in [7, 11) is 0. The summed E-state index contributed by atoms with van der Waals surface area (Å²) in [6, 6.07) is 11.1. The fourth-order valence-corrected chi connectivity index (χ4v) is 1.93. The number of nitrogens with one attached hydrogen (secondary N) is 1. The second-order valence-electron chi connectivity index (χ2n) is 4.55. The lowest BCUT2D eigenvalue weighted by Gasteiger charge is -2.11. The highest BCUT2D eigenvalue weighted by molar-refractivity contribution is 5.76. The van der Waals surface area contributed by atoms with Gasteiger partial charge in [-0.3, -0.25) is 4.79 Å². The first-order valence-corrected chi connectivity index (χ1v) is 6.32. The first kappa shape index (κ1) is 13.2. The molecule has 100 valence electrons. The van der Waals surface area contributed by atoms with Gasteiger partial charge < -0.3 is 15.5 Å². The Hall–Kier alpha value is -2.23. The van der Waals surface area contributed by atoms with E-state index in [1.54, 1.807) is 6.26 Å². The fraction of sp³-hybridized carbons (Fsp3) is 0.267. The highest BCUT2D eigenvalue weighted by atomic mass is 16.3. The average Bonchev–Trinajstić information content (AvgIpc) is 2.90. The van der Waals surface area contributed by atoms with Gasteiger partial charge in [-0.2, -0.15) is 0 Å². The summed E-state index contributed by atoms with van der Waals surface area (Å²) in [5.41, 5.74) is 7.49. The maximum absolute atomic E-state index is 11.8. The number of carbonyl (C=O) groups is 1. The molecule has 0 aliphatic heterocycles. The zero-order valence-corrected chi connectivity index (χ0v) is 10.9. The molecule has 4 heteroatoms. The molecule has 4 nitrogen and oxygen atoms in total. The Morgan fingerprint density at radius 2 is 2.21 bits per heavy atom. The normalized spacial score (nSPS) is 12.1. The largest absolute Gasteiger partial charge is 0.467 e. The second-order valence-corrected chi connectivity index (χ2v) is 4.55. The molecule has 0 saturated heterocycles. The molecule has 1 heterocycles. The monoisotopic (exact) mass is 258 g/mol. The van der Waals surface area contributed by atoms with Crippen molar-refractivity contribution in [3.63, 3.8) is 0 Å². The first-order chi connectivity index (χ1) is 9.15. The molecule has 0 saturated carbocycles. The highest BCUT2D eigenvalue weighted by Crippen LogP contribution is 2.13. The van der Waals surface area contributed by atoms with Crippen LogP contribution in [0.5, 0.6) is 0 Å². The number of amides is 1. The van der Waals surface area contributed by atoms with Crippen LogP contribution in [0, 0.1) is 0 Å². The van der Waals surface area contributed by atoms with Gasteiger partial charge in [0.2, 0.25) is 5.91 Å². The number of hydrogen-bond donors (Lipinski definition) is 2. The molecule has 0 aliphatic carbocycles. The molecule has 0 unspecified atom stereocenters. The maximum atomic E-state index is 11.8. The minimum Gasteiger partial charge on any atom is -0.467 e. The summed E-state index contributed by atoms with van der Waals surface area (Å²) in [5.74, 6) is 0.767. The molecule has 3 N–H and O–H groups in total. The minimum absolute atomic E-state index is 0.00586. The van der Waals surface area contributed by atoms with Crippen LogP contribution < -0.4 is 11.1 Å². The molecule has 2 aromatic rings. The molecular formula is C15H18N2O2. The van der Waals surface area contributed by atoms with Crippen LogP contribution in [0.25, 0.3) is 0 Å². The molecule has 1 aromatic carbocycles. The van der Waals surface area contributed by atoms with Crippen LogP contribution in [0.1, 0.15) is 30.7 Å². The number of rotatable bonds is 5. The SMILES string of the molecule is C[C@H](NC(=O)CCc1cccc(N)c1)c1ccco1. The van der Waals surface area contributed by atoms with Crippen molar-refractivity contribution in [3.8, 4) is 0 Å². The van der Waals surface area contributed by atoms with Crippen molar-refractivity contribution in [1.82, 2.24) is 5.32 Å². The third-order valence-corrected chi connectivity index (χ3v) is 2.94. The van der Waals surface area contributed by atoms with E-state index in [9.17, 15) is 4.79 Å². The molecule has 0 bridgehead atoms. The quantitative estimate of drug-likeness (QED) is 0.810. The van der Waals surface area contributed by atoms with E-state index < -0.39 is 0 Å². The summed E-state index contributed by atoms with van der Waals surface area (Å²) < 4.78 is 5.24. The standard InChI is InChI=1S/C15H18N2O2/c1-11(14-6-3-9-19-14)17-15(18)8-7-12-4-2-5-13(16)10-12/h2-6,9-11H,7-8,16H2,1H3,(H,17,18)/t11-/m0/s1. The number of hydrogen-bond acceptors (Lipinski definition) is 3. The van der Waals surface area contributed by atoms with E-state index in [0.717, 1.165) is 17.0 Å². The van der Waals surface area contributed by atoms with Gasteiger partial charge >= 0.3 is 0 Å². The summed E-state index contributed by atoms with van der Waals surface area (Å²) in [4.78, 5) is 11.8. The molecule has 0 spiro atoms. The van der Waals surface area contributed by atoms with Crippen molar-refractivity contribution in [2.45, 2.75) is 25.8 Å². The lowest BCUT2D eigenvalue weighted by atomic mass is 10.1. The van der Waals surface area contributed by atoms with E-state index in [1.807, 2.05) is 43.3 Å². The number of aryl methyl sites for hydroxylation is 1. The molecule has 2 rings (SSSR count). The smallest absolute Gasteiger partial charge is 0.220 e. The van der Waals surface area contributed by atoms with Crippen LogP contribution in [-0.4, -0.2) is 5.91 Å². The van der Waals surface area contributed by atoms with Gasteiger partial charge in [-0.1, -0.05) is 12.1 Å². The molecular weight excluding hydrogens is 240 g/mol. The van der Waals surface area contributed by atoms with Gasteiger partial charge in [-0.25, -0.2) is 0 Å². The third-order valence-electron chi connectivity index (χ3n) is 2.94. The lowest BCUT2D eigenvalue weighted by Crippen LogP contribution is -2.26. The second kappa shape index (κ2) is 6.09. The minimum atomic E-state index is -0.108. The van der Waals surface area contributed by atoms with Crippen LogP contribution >= 0.6 is 0 Å². The predicted molar refractivity (Wildman–Crippen MR) is 74.4 cm³/mol. The number of nitrogen functional groups attached to an aromatic ring is 1. The zero-order chi connectivity index (χ0) is 13.7. The third kappa shape index (κ3) is 3.88. The van der Waals surface area contributed by atoms with Crippen LogP contribution in [0.4, 0.5) is 5.69 Å². The van der Waals surface area contributed by atoms with Crippen LogP contribution in [0.3, 0.4) is 0 Å². The van der Waals surface area contributed by atoms with Gasteiger partial charge in [0.1, 0.15) is 5.76 Å². The Morgan fingerprint density at radius 3 is 2.89 bits per heavy atom. The van der Waals surface area contributed by atoms with Crippen molar-refractivity contribution in [1.29, 1.82) is 0 Å². The number of nitrogens with two attached hydrogens (primary N) is 1. The average molecular weight is 258 g/mol. The van der Waals surface area contributed by atoms with Gasteiger partial charge in [-0.05, 0) is 43.2 Å². The van der Waals surface area contributed by atoms with Crippen LogP contribution in [0.15, 0.2) is 47.1 Å². The van der Waals surface area contributed by atoms with Crippen molar-refractivity contribution in [2.24, 2.45) is 0 Å². The number of furan rings is 1. The molecule has 1 atom stereocenters. The molecule has 0 fully saturated rings. The maximum Gasteiger partial charge on any atom is 0.220 e. The van der Waals surface area contributed by atoms with Gasteiger partial charge in [0.15, 0.2) is 0 Å². The molecule has 0 aliphatic rings.